The van der Waals surface area contributed by atoms with Gasteiger partial charge in [-0.2, -0.15) is 5.10 Å². The summed E-state index contributed by atoms with van der Waals surface area (Å²) in [7, 11) is 0. The normalized spacial score (nSPS) is 18.9. The number of aromatic nitrogens is 2. The van der Waals surface area contributed by atoms with E-state index in [0.29, 0.717) is 5.92 Å². The monoisotopic (exact) mass is 317 g/mol. The number of hydrogen-bond donors (Lipinski definition) is 1. The number of piperidine rings is 1. The van der Waals surface area contributed by atoms with Crippen LogP contribution in [0.2, 0.25) is 0 Å². The van der Waals surface area contributed by atoms with E-state index in [0.717, 1.165) is 43.7 Å². The van der Waals surface area contributed by atoms with E-state index in [1.54, 1.807) is 18.3 Å². The van der Waals surface area contributed by atoms with Crippen LogP contribution in [0.5, 0.6) is 0 Å². The SMILES string of the molecule is O=C(O)Cn1ccc(C2CCCN(Cc3cccc(F)c3)C2)n1. The van der Waals surface area contributed by atoms with Crippen molar-refractivity contribution in [3.05, 3.63) is 53.6 Å². The van der Waals surface area contributed by atoms with Crippen LogP contribution in [-0.4, -0.2) is 38.8 Å². The molecule has 3 rings (SSSR count). The van der Waals surface area contributed by atoms with Crippen molar-refractivity contribution in [1.29, 1.82) is 0 Å². The first-order valence-corrected chi connectivity index (χ1v) is 7.82. The fourth-order valence-corrected chi connectivity index (χ4v) is 3.16. The van der Waals surface area contributed by atoms with Crippen LogP contribution in [0.25, 0.3) is 0 Å². The number of hydrogen-bond acceptors (Lipinski definition) is 3. The maximum atomic E-state index is 13.3. The Bertz CT molecular complexity index is 686. The van der Waals surface area contributed by atoms with Gasteiger partial charge in [-0.15, -0.1) is 0 Å². The smallest absolute Gasteiger partial charge is 0.325 e. The van der Waals surface area contributed by atoms with E-state index in [-0.39, 0.29) is 12.4 Å². The molecule has 122 valence electrons. The van der Waals surface area contributed by atoms with Crippen molar-refractivity contribution in [2.45, 2.75) is 31.8 Å². The van der Waals surface area contributed by atoms with Gasteiger partial charge in [-0.3, -0.25) is 14.4 Å². The molecule has 2 heterocycles. The summed E-state index contributed by atoms with van der Waals surface area (Å²) in [6.45, 7) is 2.47. The molecule has 1 atom stereocenters. The fraction of sp³-hybridized carbons (Fsp3) is 0.412. The Morgan fingerprint density at radius 1 is 1.39 bits per heavy atom. The molecule has 0 spiro atoms. The van der Waals surface area contributed by atoms with Crippen LogP contribution in [0.4, 0.5) is 4.39 Å². The highest BCUT2D eigenvalue weighted by Crippen LogP contribution is 2.26. The van der Waals surface area contributed by atoms with Crippen LogP contribution < -0.4 is 0 Å². The van der Waals surface area contributed by atoms with E-state index in [1.807, 2.05) is 12.1 Å². The molecule has 6 heteroatoms. The predicted octanol–water partition coefficient (Wildman–Crippen LogP) is 2.49. The summed E-state index contributed by atoms with van der Waals surface area (Å²) in [6, 6.07) is 8.61. The molecule has 1 aromatic heterocycles. The minimum Gasteiger partial charge on any atom is -0.480 e. The van der Waals surface area contributed by atoms with Gasteiger partial charge in [-0.05, 0) is 43.1 Å². The summed E-state index contributed by atoms with van der Waals surface area (Å²) in [6.07, 6.45) is 3.82. The predicted molar refractivity (Wildman–Crippen MR) is 83.5 cm³/mol. The van der Waals surface area contributed by atoms with Crippen molar-refractivity contribution < 1.29 is 14.3 Å². The van der Waals surface area contributed by atoms with Crippen LogP contribution in [0.15, 0.2) is 36.5 Å². The van der Waals surface area contributed by atoms with Crippen molar-refractivity contribution in [3.63, 3.8) is 0 Å². The minimum atomic E-state index is -0.893. The van der Waals surface area contributed by atoms with Gasteiger partial charge in [0.15, 0.2) is 0 Å². The van der Waals surface area contributed by atoms with E-state index in [2.05, 4.69) is 10.00 Å². The maximum absolute atomic E-state index is 13.3. The first-order chi connectivity index (χ1) is 11.1. The second kappa shape index (κ2) is 6.91. The number of carbonyl (C=O) groups is 1. The molecule has 1 fully saturated rings. The molecule has 5 nitrogen and oxygen atoms in total. The second-order valence-corrected chi connectivity index (χ2v) is 6.04. The summed E-state index contributed by atoms with van der Waals surface area (Å²) in [4.78, 5) is 13.0. The Labute approximate surface area is 134 Å². The van der Waals surface area contributed by atoms with Gasteiger partial charge < -0.3 is 5.11 Å². The minimum absolute atomic E-state index is 0.111. The Balaban J connectivity index is 1.63. The quantitative estimate of drug-likeness (QED) is 0.920. The molecule has 0 bridgehead atoms. The number of carboxylic acid groups (broad SMARTS) is 1. The van der Waals surface area contributed by atoms with Gasteiger partial charge >= 0.3 is 5.97 Å². The van der Waals surface area contributed by atoms with Crippen LogP contribution in [-0.2, 0) is 17.9 Å². The molecule has 0 aliphatic carbocycles. The van der Waals surface area contributed by atoms with Gasteiger partial charge in [0.2, 0.25) is 0 Å². The van der Waals surface area contributed by atoms with Gasteiger partial charge in [0.05, 0.1) is 5.69 Å². The van der Waals surface area contributed by atoms with Gasteiger partial charge in [0, 0.05) is 25.2 Å². The average Bonchev–Trinajstić information content (AvgIpc) is 2.95. The zero-order chi connectivity index (χ0) is 16.2. The Morgan fingerprint density at radius 3 is 3.04 bits per heavy atom. The zero-order valence-electron chi connectivity index (χ0n) is 12.9. The van der Waals surface area contributed by atoms with Crippen molar-refractivity contribution >= 4 is 5.97 Å². The topological polar surface area (TPSA) is 58.4 Å². The molecule has 0 amide bonds. The Hall–Kier alpha value is -2.21. The summed E-state index contributed by atoms with van der Waals surface area (Å²) >= 11 is 0. The standard InChI is InChI=1S/C17H20FN3O2/c18-15-5-1-3-13(9-15)10-20-7-2-4-14(11-20)16-6-8-21(19-16)12-17(22)23/h1,3,5-6,8-9,14H,2,4,7,10-12H2,(H,22,23). The molecule has 23 heavy (non-hydrogen) atoms. The van der Waals surface area contributed by atoms with E-state index in [1.165, 1.54) is 10.7 Å². The maximum Gasteiger partial charge on any atom is 0.325 e. The first kappa shape index (κ1) is 15.7. The highest BCUT2D eigenvalue weighted by atomic mass is 19.1. The Kier molecular flexibility index (Phi) is 4.71. The van der Waals surface area contributed by atoms with Crippen LogP contribution in [0, 0.1) is 5.82 Å². The van der Waals surface area contributed by atoms with Gasteiger partial charge in [0.25, 0.3) is 0 Å². The first-order valence-electron chi connectivity index (χ1n) is 7.82. The molecule has 1 unspecified atom stereocenters. The summed E-state index contributed by atoms with van der Waals surface area (Å²) in [5.74, 6) is -0.799. The van der Waals surface area contributed by atoms with Crippen molar-refractivity contribution in [3.8, 4) is 0 Å². The highest BCUT2D eigenvalue weighted by molar-refractivity contribution is 5.66. The third-order valence-corrected chi connectivity index (χ3v) is 4.18. The number of benzene rings is 1. The molecule has 2 aromatic rings. The fourth-order valence-electron chi connectivity index (χ4n) is 3.16. The number of carboxylic acids is 1. The molecule has 1 N–H and O–H groups in total. The zero-order valence-corrected chi connectivity index (χ0v) is 12.9. The number of nitrogens with zero attached hydrogens (tertiary/aromatic N) is 3. The number of likely N-dealkylation sites (tertiary alicyclic amines) is 1. The lowest BCUT2D eigenvalue weighted by molar-refractivity contribution is -0.137. The van der Waals surface area contributed by atoms with E-state index in [9.17, 15) is 9.18 Å². The Morgan fingerprint density at radius 2 is 2.26 bits per heavy atom. The largest absolute Gasteiger partial charge is 0.480 e. The average molecular weight is 317 g/mol. The molecular weight excluding hydrogens is 297 g/mol. The van der Waals surface area contributed by atoms with Crippen LogP contribution >= 0.6 is 0 Å². The lowest BCUT2D eigenvalue weighted by Crippen LogP contribution is -2.34. The molecule has 0 saturated carbocycles. The van der Waals surface area contributed by atoms with Crippen molar-refractivity contribution in [2.24, 2.45) is 0 Å². The van der Waals surface area contributed by atoms with E-state index < -0.39 is 5.97 Å². The van der Waals surface area contributed by atoms with Crippen LogP contribution in [0.3, 0.4) is 0 Å². The number of halogens is 1. The molecule has 1 saturated heterocycles. The molecule has 0 radical (unpaired) electrons. The van der Waals surface area contributed by atoms with Gasteiger partial charge in [-0.1, -0.05) is 12.1 Å². The van der Waals surface area contributed by atoms with E-state index >= 15 is 0 Å². The van der Waals surface area contributed by atoms with E-state index in [4.69, 9.17) is 5.11 Å². The summed E-state index contributed by atoms with van der Waals surface area (Å²) in [5, 5.41) is 13.2. The van der Waals surface area contributed by atoms with Gasteiger partial charge in [-0.25, -0.2) is 4.39 Å². The lowest BCUT2D eigenvalue weighted by Gasteiger charge is -2.32. The second-order valence-electron chi connectivity index (χ2n) is 6.04. The van der Waals surface area contributed by atoms with Crippen molar-refractivity contribution in [1.82, 2.24) is 14.7 Å². The lowest BCUT2D eigenvalue weighted by atomic mass is 9.94. The van der Waals surface area contributed by atoms with Crippen molar-refractivity contribution in [2.75, 3.05) is 13.1 Å². The summed E-state index contributed by atoms with van der Waals surface area (Å²) < 4.78 is 14.8. The highest BCUT2D eigenvalue weighted by Gasteiger charge is 2.23. The van der Waals surface area contributed by atoms with Crippen LogP contribution in [0.1, 0.15) is 30.0 Å². The third kappa shape index (κ3) is 4.16. The molecule has 1 aliphatic rings. The number of rotatable bonds is 5. The van der Waals surface area contributed by atoms with Gasteiger partial charge in [0.1, 0.15) is 12.4 Å². The summed E-state index contributed by atoms with van der Waals surface area (Å²) in [5.41, 5.74) is 1.91. The molecular formula is C17H20FN3O2. The molecule has 1 aliphatic heterocycles. The molecule has 1 aromatic carbocycles. The third-order valence-electron chi connectivity index (χ3n) is 4.18. The number of aliphatic carboxylic acids is 1.